The Kier molecular flexibility index (Phi) is 5.14. The molecule has 1 N–H and O–H groups in total. The largest absolute Gasteiger partial charge is 0.480 e. The average Bonchev–Trinajstić information content (AvgIpc) is 2.81. The van der Waals surface area contributed by atoms with Gasteiger partial charge in [-0.05, 0) is 37.1 Å². The van der Waals surface area contributed by atoms with Crippen molar-refractivity contribution in [3.8, 4) is 16.2 Å². The second-order valence-electron chi connectivity index (χ2n) is 4.49. The molecule has 0 unspecified atom stereocenters. The highest BCUT2D eigenvalue weighted by Crippen LogP contribution is 2.43. The maximum absolute atomic E-state index is 10.5. The maximum Gasteiger partial charge on any atom is 0.341 e. The molecule has 6 heteroatoms. The highest BCUT2D eigenvalue weighted by atomic mass is 35.5. The molecule has 112 valence electrons. The minimum Gasteiger partial charge on any atom is -0.480 e. The van der Waals surface area contributed by atoms with E-state index in [-0.39, 0.29) is 10.8 Å². The molecule has 1 aromatic heterocycles. The molecule has 0 amide bonds. The minimum absolute atomic E-state index is 0.239. The molecule has 21 heavy (non-hydrogen) atoms. The van der Waals surface area contributed by atoms with Gasteiger partial charge in [-0.15, -0.1) is 11.3 Å². The Morgan fingerprint density at radius 1 is 1.33 bits per heavy atom. The second kappa shape index (κ2) is 6.69. The summed E-state index contributed by atoms with van der Waals surface area (Å²) >= 11 is 14.2. The summed E-state index contributed by atoms with van der Waals surface area (Å²) in [6.45, 7) is 3.69. The summed E-state index contributed by atoms with van der Waals surface area (Å²) in [5.74, 6) is -0.785. The quantitative estimate of drug-likeness (QED) is 0.824. The Bertz CT molecular complexity index is 680. The first-order chi connectivity index (χ1) is 9.93. The lowest BCUT2D eigenvalue weighted by atomic mass is 10.1. The highest BCUT2D eigenvalue weighted by molar-refractivity contribution is 7.15. The van der Waals surface area contributed by atoms with Gasteiger partial charge in [-0.3, -0.25) is 0 Å². The van der Waals surface area contributed by atoms with Gasteiger partial charge in [0.2, 0.25) is 0 Å². The predicted octanol–water partition coefficient (Wildman–Crippen LogP) is 5.06. The van der Waals surface area contributed by atoms with E-state index in [4.69, 9.17) is 33.0 Å². The Balaban J connectivity index is 2.42. The van der Waals surface area contributed by atoms with Crippen molar-refractivity contribution in [3.63, 3.8) is 0 Å². The third kappa shape index (κ3) is 3.51. The Labute approximate surface area is 137 Å². The number of halogens is 2. The lowest BCUT2D eigenvalue weighted by Gasteiger charge is -2.11. The second-order valence-corrected chi connectivity index (χ2v) is 6.50. The molecule has 0 aliphatic heterocycles. The van der Waals surface area contributed by atoms with E-state index >= 15 is 0 Å². The van der Waals surface area contributed by atoms with Crippen molar-refractivity contribution in [2.24, 2.45) is 0 Å². The number of hydrogen-bond acceptors (Lipinski definition) is 3. The van der Waals surface area contributed by atoms with E-state index in [1.54, 1.807) is 17.4 Å². The van der Waals surface area contributed by atoms with Crippen LogP contribution in [0.4, 0.5) is 0 Å². The number of rotatable bonds is 5. The molecule has 0 atom stereocenters. The Morgan fingerprint density at radius 2 is 2.05 bits per heavy atom. The van der Waals surface area contributed by atoms with Crippen molar-refractivity contribution >= 4 is 40.5 Å². The van der Waals surface area contributed by atoms with E-state index in [1.165, 1.54) is 10.4 Å². The number of aryl methyl sites for hydroxylation is 2. The van der Waals surface area contributed by atoms with Crippen LogP contribution >= 0.6 is 34.5 Å². The molecular weight excluding hydrogens is 331 g/mol. The van der Waals surface area contributed by atoms with Crippen LogP contribution in [0.25, 0.3) is 10.4 Å². The molecule has 0 radical (unpaired) electrons. The van der Waals surface area contributed by atoms with Crippen LogP contribution in [0.5, 0.6) is 5.75 Å². The van der Waals surface area contributed by atoms with Crippen LogP contribution in [0.1, 0.15) is 17.4 Å². The van der Waals surface area contributed by atoms with Crippen molar-refractivity contribution in [3.05, 3.63) is 38.7 Å². The number of aliphatic carboxylic acids is 1. The average molecular weight is 345 g/mol. The lowest BCUT2D eigenvalue weighted by molar-refractivity contribution is -0.139. The summed E-state index contributed by atoms with van der Waals surface area (Å²) in [6.07, 6.45) is 0.908. The molecule has 0 saturated heterocycles. The first-order valence-corrected chi connectivity index (χ1v) is 7.93. The molecule has 2 rings (SSSR count). The SMILES string of the molecule is CCc1cc(C)sc1-c1ccc(OCC(=O)O)c(Cl)c1Cl. The molecule has 0 aliphatic carbocycles. The van der Waals surface area contributed by atoms with Gasteiger partial charge in [-0.1, -0.05) is 30.1 Å². The Hall–Kier alpha value is -1.23. The van der Waals surface area contributed by atoms with E-state index in [0.717, 1.165) is 16.9 Å². The van der Waals surface area contributed by atoms with E-state index in [1.807, 2.05) is 13.0 Å². The summed E-state index contributed by atoms with van der Waals surface area (Å²) in [5.41, 5.74) is 2.06. The van der Waals surface area contributed by atoms with Gasteiger partial charge < -0.3 is 9.84 Å². The molecule has 0 saturated carbocycles. The number of carboxylic acid groups (broad SMARTS) is 1. The van der Waals surface area contributed by atoms with Gasteiger partial charge in [0, 0.05) is 15.3 Å². The molecule has 3 nitrogen and oxygen atoms in total. The zero-order valence-electron chi connectivity index (χ0n) is 11.6. The fraction of sp³-hybridized carbons (Fsp3) is 0.267. The fourth-order valence-corrected chi connectivity index (χ4v) is 3.68. The first-order valence-electron chi connectivity index (χ1n) is 6.36. The topological polar surface area (TPSA) is 46.5 Å². The van der Waals surface area contributed by atoms with Crippen LogP contribution in [0.15, 0.2) is 18.2 Å². The molecular formula is C15H14Cl2O3S. The number of benzene rings is 1. The zero-order chi connectivity index (χ0) is 15.6. The predicted molar refractivity (Wildman–Crippen MR) is 87.0 cm³/mol. The van der Waals surface area contributed by atoms with Crippen LogP contribution in [0.2, 0.25) is 10.0 Å². The minimum atomic E-state index is -1.06. The van der Waals surface area contributed by atoms with Crippen LogP contribution < -0.4 is 4.74 Å². The van der Waals surface area contributed by atoms with Crippen molar-refractivity contribution in [1.82, 2.24) is 0 Å². The van der Waals surface area contributed by atoms with E-state index in [0.29, 0.717) is 5.02 Å². The normalized spacial score (nSPS) is 10.7. The summed E-state index contributed by atoms with van der Waals surface area (Å²) in [6, 6.07) is 5.61. The van der Waals surface area contributed by atoms with E-state index < -0.39 is 12.6 Å². The summed E-state index contributed by atoms with van der Waals surface area (Å²) in [5, 5.41) is 9.26. The van der Waals surface area contributed by atoms with Crippen molar-refractivity contribution in [2.45, 2.75) is 20.3 Å². The maximum atomic E-state index is 10.5. The lowest BCUT2D eigenvalue weighted by Crippen LogP contribution is -2.09. The molecule has 0 spiro atoms. The van der Waals surface area contributed by atoms with Crippen molar-refractivity contribution in [2.75, 3.05) is 6.61 Å². The van der Waals surface area contributed by atoms with Gasteiger partial charge in [0.15, 0.2) is 6.61 Å². The number of ether oxygens (including phenoxy) is 1. The summed E-state index contributed by atoms with van der Waals surface area (Å²) in [7, 11) is 0. The third-order valence-corrected chi connectivity index (χ3v) is 4.95. The molecule has 0 fully saturated rings. The van der Waals surface area contributed by atoms with Gasteiger partial charge in [-0.25, -0.2) is 4.79 Å². The molecule has 1 heterocycles. The number of carboxylic acids is 1. The standard InChI is InChI=1S/C15H14Cl2O3S/c1-3-9-6-8(2)21-15(9)10-4-5-11(14(17)13(10)16)20-7-12(18)19/h4-6H,3,7H2,1-2H3,(H,18,19). The monoisotopic (exact) mass is 344 g/mol. The van der Waals surface area contributed by atoms with Crippen molar-refractivity contribution < 1.29 is 14.6 Å². The van der Waals surface area contributed by atoms with Crippen LogP contribution in [0.3, 0.4) is 0 Å². The van der Waals surface area contributed by atoms with Gasteiger partial charge in [0.25, 0.3) is 0 Å². The van der Waals surface area contributed by atoms with Gasteiger partial charge in [-0.2, -0.15) is 0 Å². The number of hydrogen-bond donors (Lipinski definition) is 1. The van der Waals surface area contributed by atoms with Gasteiger partial charge in [0.1, 0.15) is 10.8 Å². The number of carbonyl (C=O) groups is 1. The highest BCUT2D eigenvalue weighted by Gasteiger charge is 2.17. The fourth-order valence-electron chi connectivity index (χ4n) is 2.02. The summed E-state index contributed by atoms with van der Waals surface area (Å²) < 4.78 is 5.12. The van der Waals surface area contributed by atoms with Gasteiger partial charge >= 0.3 is 5.97 Å². The van der Waals surface area contributed by atoms with Gasteiger partial charge in [0.05, 0.1) is 5.02 Å². The molecule has 0 bridgehead atoms. The summed E-state index contributed by atoms with van der Waals surface area (Å²) in [4.78, 5) is 12.8. The first kappa shape index (κ1) is 16.1. The number of thiophene rings is 1. The van der Waals surface area contributed by atoms with Crippen LogP contribution in [-0.4, -0.2) is 17.7 Å². The molecule has 1 aromatic carbocycles. The molecule has 2 aromatic rings. The Morgan fingerprint density at radius 3 is 2.67 bits per heavy atom. The zero-order valence-corrected chi connectivity index (χ0v) is 13.9. The van der Waals surface area contributed by atoms with E-state index in [9.17, 15) is 4.79 Å². The molecule has 0 aliphatic rings. The smallest absolute Gasteiger partial charge is 0.341 e. The van der Waals surface area contributed by atoms with E-state index in [2.05, 4.69) is 13.0 Å². The van der Waals surface area contributed by atoms with Crippen LogP contribution in [0, 0.1) is 6.92 Å². The third-order valence-electron chi connectivity index (χ3n) is 2.96. The van der Waals surface area contributed by atoms with Crippen molar-refractivity contribution in [1.29, 1.82) is 0 Å². The van der Waals surface area contributed by atoms with Crippen LogP contribution in [-0.2, 0) is 11.2 Å².